The molecule has 3 saturated carbocycles. The molecule has 0 radical (unpaired) electrons. The molecular weight excluding hydrogens is 1560 g/mol. The molecule has 3 aliphatic carbocycles. The molecule has 9 heterocycles. The number of anilines is 9. The van der Waals surface area contributed by atoms with Crippen molar-refractivity contribution in [2.75, 3.05) is 68.8 Å². The van der Waals surface area contributed by atoms with Crippen LogP contribution in [0.2, 0.25) is 0 Å². The van der Waals surface area contributed by atoms with Crippen LogP contribution in [0.15, 0.2) is 125 Å². The largest absolute Gasteiger partial charge is 0.352 e. The number of Topliss-reactive ketones (excluding diaryl/α,β-unsaturated/α-hetero) is 3. The second-order valence-electron chi connectivity index (χ2n) is 28.6. The number of ketones is 3. The van der Waals surface area contributed by atoms with E-state index in [9.17, 15) is 79.2 Å². The van der Waals surface area contributed by atoms with E-state index in [-0.39, 0.29) is 126 Å². The Bertz CT molecular complexity index is 5270. The molecule has 6 aliphatic rings. The number of sulfonamides is 3. The maximum atomic E-state index is 13.5. The van der Waals surface area contributed by atoms with Crippen molar-refractivity contribution >= 4 is 133 Å². The predicted molar refractivity (Wildman–Crippen MR) is 414 cm³/mol. The molecule has 114 heavy (non-hydrogen) atoms. The number of pyridine rings is 3. The lowest BCUT2D eigenvalue weighted by atomic mass is 10.1. The Morgan fingerprint density at radius 1 is 0.412 bits per heavy atom. The Labute approximate surface area is 648 Å². The van der Waals surface area contributed by atoms with Gasteiger partial charge in [-0.3, -0.25) is 56.3 Å². The lowest BCUT2D eigenvalue weighted by Gasteiger charge is -2.22. The third-order valence-corrected chi connectivity index (χ3v) is 23.4. The average Bonchev–Trinajstić information content (AvgIpc) is 1.49. The van der Waals surface area contributed by atoms with Gasteiger partial charge in [0.25, 0.3) is 19.3 Å². The third-order valence-electron chi connectivity index (χ3n) is 19.8. The first-order valence-corrected chi connectivity index (χ1v) is 40.9. The summed E-state index contributed by atoms with van der Waals surface area (Å²) in [4.78, 5) is 62.6. The van der Waals surface area contributed by atoms with E-state index in [0.717, 1.165) is 48.4 Å². The zero-order chi connectivity index (χ0) is 82.1. The lowest BCUT2D eigenvalue weighted by molar-refractivity contribution is -0.120. The van der Waals surface area contributed by atoms with Gasteiger partial charge in [0, 0.05) is 116 Å². The van der Waals surface area contributed by atoms with E-state index in [1.165, 1.54) is 39.3 Å². The number of halogens is 9. The Morgan fingerprint density at radius 3 is 0.860 bits per heavy atom. The minimum absolute atomic E-state index is 0.146. The molecule has 39 heteroatoms. The van der Waals surface area contributed by atoms with Gasteiger partial charge in [0.05, 0.1) is 158 Å². The summed E-state index contributed by atoms with van der Waals surface area (Å²) in [6, 6.07) is 19.9. The first-order valence-electron chi connectivity index (χ1n) is 35.4. The number of aryl methyl sites for hydroxylation is 3. The number of aromatic nitrogens is 9. The average molecular weight is 1640 g/mol. The van der Waals surface area contributed by atoms with Crippen LogP contribution in [-0.4, -0.2) is 182 Å². The summed E-state index contributed by atoms with van der Waals surface area (Å²) in [5, 5.41) is 21.9. The van der Waals surface area contributed by atoms with E-state index >= 15 is 0 Å². The number of nitrogens with one attached hydrogen (secondary N) is 3. The van der Waals surface area contributed by atoms with E-state index in [4.69, 9.17) is 0 Å². The molecule has 1 unspecified atom stereocenters. The molecule has 0 saturated heterocycles. The standard InChI is InChI=1S/3C25H25F3N6O3S/c3*1-33-12-14(11-29-33)13-4-5-18(22(6-13)34(2)38(3,36)37)31-19-7-15(8-23(35)16-9-17(16)26)30-20-10-21(25(27)28)32-24(19)20/h3*4-7,11-12,16-17,25H,8-10H2,1-3H3,(H,30,31)/t16?,17-;2*16-,17+/m010/s1. The summed E-state index contributed by atoms with van der Waals surface area (Å²) in [5.74, 6) is -2.90. The number of hydrogen-bond donors (Lipinski definition) is 3. The first kappa shape index (κ1) is 80.8. The van der Waals surface area contributed by atoms with Crippen molar-refractivity contribution in [3.8, 4) is 33.4 Å². The molecule has 9 aromatic rings. The molecular formula is C75H75F9N18O9S3. The van der Waals surface area contributed by atoms with E-state index in [1.54, 1.807) is 127 Å². The number of aliphatic imine (C=N–C) groups is 3. The van der Waals surface area contributed by atoms with Gasteiger partial charge in [-0.2, -0.15) is 15.3 Å². The van der Waals surface area contributed by atoms with Gasteiger partial charge < -0.3 is 16.0 Å². The summed E-state index contributed by atoms with van der Waals surface area (Å²) in [5.41, 5.74) is 8.50. The van der Waals surface area contributed by atoms with Crippen molar-refractivity contribution in [2.45, 2.75) is 95.6 Å². The molecule has 3 fully saturated rings. The number of nitrogens with zero attached hydrogens (tertiary/aromatic N) is 15. The van der Waals surface area contributed by atoms with E-state index in [0.29, 0.717) is 85.0 Å². The molecule has 6 aromatic heterocycles. The van der Waals surface area contributed by atoms with E-state index in [1.807, 2.05) is 0 Å². The quantitative estimate of drug-likeness (QED) is 0.0403. The van der Waals surface area contributed by atoms with Crippen molar-refractivity contribution in [1.82, 2.24) is 44.3 Å². The molecule has 6 atom stereocenters. The molecule has 0 bridgehead atoms. The molecule has 0 amide bonds. The van der Waals surface area contributed by atoms with Crippen LogP contribution in [-0.2, 0) is 104 Å². The minimum Gasteiger partial charge on any atom is -0.352 e. The van der Waals surface area contributed by atoms with Crippen LogP contribution < -0.4 is 28.9 Å². The van der Waals surface area contributed by atoms with Gasteiger partial charge in [-0.25, -0.2) is 79.7 Å². The fraction of sp³-hybridized carbons (Fsp3) is 0.360. The van der Waals surface area contributed by atoms with Crippen LogP contribution in [0.4, 0.5) is 108 Å². The van der Waals surface area contributed by atoms with Gasteiger partial charge >= 0.3 is 0 Å². The normalized spacial score (nSPS) is 18.3. The SMILES string of the molecule is CN(c1cc(-c2cnn(C)c2)ccc1Nc1cc(CC(=O)C2C[C@@H]2F)nc2c1N=C(C(F)F)C2)S(C)(=O)=O.CN(c1cc(-c2cnn(C)c2)ccc1Nc1cc(CC(=O)[C@@H]2C[C@@H]2F)nc2c1N=C(C(F)F)C2)S(C)(=O)=O.CN(c1cc(-c2cnn(C)c2)ccc1Nc1cc(CC(=O)[C@H]2C[C@H]2F)nc2c1N=C(C(F)F)C2)S(C)(=O)=O. The molecule has 3 aromatic carbocycles. The van der Waals surface area contributed by atoms with Crippen LogP contribution in [0, 0.1) is 17.8 Å². The van der Waals surface area contributed by atoms with Crippen molar-refractivity contribution in [3.63, 3.8) is 0 Å². The number of benzene rings is 3. The van der Waals surface area contributed by atoms with Gasteiger partial charge in [-0.05, 0) is 90.6 Å². The van der Waals surface area contributed by atoms with Crippen LogP contribution in [0.25, 0.3) is 33.4 Å². The van der Waals surface area contributed by atoms with Crippen LogP contribution >= 0.6 is 0 Å². The van der Waals surface area contributed by atoms with Gasteiger partial charge in [0.1, 0.15) is 52.9 Å². The Kier molecular flexibility index (Phi) is 22.4. The highest BCUT2D eigenvalue weighted by Gasteiger charge is 2.46. The molecule has 15 rings (SSSR count). The minimum atomic E-state index is -3.67. The number of fused-ring (bicyclic) bond motifs is 3. The van der Waals surface area contributed by atoms with Crippen molar-refractivity contribution in [3.05, 3.63) is 144 Å². The number of carbonyl (C=O) groups is 3. The first-order chi connectivity index (χ1) is 53.7. The second kappa shape index (κ2) is 31.6. The summed E-state index contributed by atoms with van der Waals surface area (Å²) in [6.45, 7) is 0. The van der Waals surface area contributed by atoms with Gasteiger partial charge in [-0.1, -0.05) is 18.2 Å². The molecule has 600 valence electrons. The predicted octanol–water partition coefficient (Wildman–Crippen LogP) is 12.0. The molecule has 27 nitrogen and oxygen atoms in total. The summed E-state index contributed by atoms with van der Waals surface area (Å²) in [6.07, 6.45) is 1.21. The summed E-state index contributed by atoms with van der Waals surface area (Å²) < 4.78 is 204. The maximum absolute atomic E-state index is 13.5. The summed E-state index contributed by atoms with van der Waals surface area (Å²) >= 11 is 0. The Morgan fingerprint density at radius 2 is 0.658 bits per heavy atom. The van der Waals surface area contributed by atoms with Crippen molar-refractivity contribution < 1.29 is 79.2 Å². The van der Waals surface area contributed by atoms with Crippen molar-refractivity contribution in [1.29, 1.82) is 0 Å². The highest BCUT2D eigenvalue weighted by molar-refractivity contribution is 7.92. The summed E-state index contributed by atoms with van der Waals surface area (Å²) in [7, 11) is -1.52. The number of alkyl halides is 9. The highest BCUT2D eigenvalue weighted by Crippen LogP contribution is 2.47. The monoisotopic (exact) mass is 1640 g/mol. The fourth-order valence-electron chi connectivity index (χ4n) is 13.0. The second-order valence-corrected chi connectivity index (χ2v) is 34.6. The third kappa shape index (κ3) is 18.2. The zero-order valence-corrected chi connectivity index (χ0v) is 64.9. The van der Waals surface area contributed by atoms with Gasteiger partial charge in [-0.15, -0.1) is 0 Å². The van der Waals surface area contributed by atoms with E-state index < -0.39 is 85.6 Å². The van der Waals surface area contributed by atoms with Gasteiger partial charge in [0.15, 0.2) is 0 Å². The van der Waals surface area contributed by atoms with Crippen LogP contribution in [0.1, 0.15) is 53.4 Å². The van der Waals surface area contributed by atoms with E-state index in [2.05, 4.69) is 61.2 Å². The van der Waals surface area contributed by atoms with Crippen LogP contribution in [0.3, 0.4) is 0 Å². The lowest BCUT2D eigenvalue weighted by Crippen LogP contribution is -2.25. The molecule has 0 spiro atoms. The Hall–Kier alpha value is -11.2. The number of carbonyl (C=O) groups excluding carboxylic acids is 3. The Balaban J connectivity index is 0.000000149. The van der Waals surface area contributed by atoms with Crippen LogP contribution in [0.5, 0.6) is 0 Å². The topological polar surface area (TPSA) is 329 Å². The van der Waals surface area contributed by atoms with Crippen molar-refractivity contribution in [2.24, 2.45) is 53.9 Å². The number of rotatable bonds is 27. The van der Waals surface area contributed by atoms with Gasteiger partial charge in [0.2, 0.25) is 30.1 Å². The maximum Gasteiger partial charge on any atom is 0.277 e. The molecule has 3 aliphatic heterocycles. The smallest absolute Gasteiger partial charge is 0.277 e. The molecule has 3 N–H and O–H groups in total. The highest BCUT2D eigenvalue weighted by atomic mass is 32.2. The fourth-order valence-corrected chi connectivity index (χ4v) is 14.6. The zero-order valence-electron chi connectivity index (χ0n) is 62.5. The number of hydrogen-bond acceptors (Lipinski definition) is 21.